The molecule has 2 heterocycles. The normalized spacial score (nSPS) is 13.8. The van der Waals surface area contributed by atoms with E-state index in [9.17, 15) is 14.7 Å². The standard InChI is InChI=1S/C16H17N3O3/c1-2-19-14(13(9-17-19)16(21)22)15(20)18-8-7-11-5-3-4-6-12(11)10-18/h3-6,9H,2,7-8,10H2,1H3,(H,21,22). The number of hydrogen-bond acceptors (Lipinski definition) is 3. The number of carboxylic acid groups (broad SMARTS) is 1. The summed E-state index contributed by atoms with van der Waals surface area (Å²) >= 11 is 0. The fourth-order valence-electron chi connectivity index (χ4n) is 2.83. The molecule has 1 aliphatic rings. The Balaban J connectivity index is 1.93. The van der Waals surface area contributed by atoms with Crippen molar-refractivity contribution in [1.29, 1.82) is 0 Å². The number of amides is 1. The number of carbonyl (C=O) groups is 2. The average Bonchev–Trinajstić information content (AvgIpc) is 2.98. The van der Waals surface area contributed by atoms with Crippen LogP contribution in [-0.4, -0.2) is 38.2 Å². The molecule has 6 nitrogen and oxygen atoms in total. The van der Waals surface area contributed by atoms with Crippen LogP contribution in [0.3, 0.4) is 0 Å². The fourth-order valence-corrected chi connectivity index (χ4v) is 2.83. The lowest BCUT2D eigenvalue weighted by Crippen LogP contribution is -2.37. The van der Waals surface area contributed by atoms with Crippen molar-refractivity contribution >= 4 is 11.9 Å². The maximum absolute atomic E-state index is 12.8. The summed E-state index contributed by atoms with van der Waals surface area (Å²) in [4.78, 5) is 25.8. The van der Waals surface area contributed by atoms with E-state index in [0.29, 0.717) is 19.6 Å². The van der Waals surface area contributed by atoms with E-state index in [1.807, 2.05) is 25.1 Å². The molecule has 22 heavy (non-hydrogen) atoms. The van der Waals surface area contributed by atoms with Crippen LogP contribution >= 0.6 is 0 Å². The average molecular weight is 299 g/mol. The molecule has 6 heteroatoms. The molecule has 0 spiro atoms. The van der Waals surface area contributed by atoms with Gasteiger partial charge in [-0.15, -0.1) is 0 Å². The van der Waals surface area contributed by atoms with Crippen LogP contribution in [0.1, 0.15) is 38.9 Å². The number of carboxylic acids is 1. The summed E-state index contributed by atoms with van der Waals surface area (Å²) < 4.78 is 1.45. The summed E-state index contributed by atoms with van der Waals surface area (Å²) in [5, 5.41) is 13.3. The van der Waals surface area contributed by atoms with Gasteiger partial charge in [0.1, 0.15) is 11.3 Å². The zero-order chi connectivity index (χ0) is 15.7. The first kappa shape index (κ1) is 14.3. The fraction of sp³-hybridized carbons (Fsp3) is 0.312. The number of aromatic carboxylic acids is 1. The second-order valence-electron chi connectivity index (χ2n) is 5.27. The number of nitrogens with zero attached hydrogens (tertiary/aromatic N) is 3. The van der Waals surface area contributed by atoms with Crippen LogP contribution in [0, 0.1) is 0 Å². The summed E-state index contributed by atoms with van der Waals surface area (Å²) in [6.07, 6.45) is 2.03. The van der Waals surface area contributed by atoms with Crippen molar-refractivity contribution in [3.05, 3.63) is 52.8 Å². The summed E-state index contributed by atoms with van der Waals surface area (Å²) in [6, 6.07) is 8.01. The molecule has 1 aromatic heterocycles. The van der Waals surface area contributed by atoms with Crippen molar-refractivity contribution in [2.45, 2.75) is 26.4 Å². The molecule has 1 aliphatic heterocycles. The van der Waals surface area contributed by atoms with E-state index in [1.165, 1.54) is 16.4 Å². The van der Waals surface area contributed by atoms with Crippen molar-refractivity contribution in [2.75, 3.05) is 6.54 Å². The van der Waals surface area contributed by atoms with Gasteiger partial charge in [0.2, 0.25) is 0 Å². The molecule has 0 bridgehead atoms. The Morgan fingerprint density at radius 1 is 1.27 bits per heavy atom. The molecule has 1 N–H and O–H groups in total. The number of fused-ring (bicyclic) bond motifs is 1. The van der Waals surface area contributed by atoms with Crippen LogP contribution < -0.4 is 0 Å². The Kier molecular flexibility index (Phi) is 3.66. The Labute approximate surface area is 128 Å². The highest BCUT2D eigenvalue weighted by Gasteiger charge is 2.28. The van der Waals surface area contributed by atoms with Crippen molar-refractivity contribution in [3.63, 3.8) is 0 Å². The van der Waals surface area contributed by atoms with Gasteiger partial charge >= 0.3 is 5.97 Å². The van der Waals surface area contributed by atoms with Gasteiger partial charge in [0.15, 0.2) is 0 Å². The van der Waals surface area contributed by atoms with E-state index in [0.717, 1.165) is 12.0 Å². The van der Waals surface area contributed by atoms with Crippen LogP contribution in [0.4, 0.5) is 0 Å². The maximum Gasteiger partial charge on any atom is 0.339 e. The molecule has 0 aliphatic carbocycles. The second-order valence-corrected chi connectivity index (χ2v) is 5.27. The van der Waals surface area contributed by atoms with Crippen LogP contribution in [0.25, 0.3) is 0 Å². The van der Waals surface area contributed by atoms with Gasteiger partial charge in [-0.2, -0.15) is 5.10 Å². The van der Waals surface area contributed by atoms with Crippen LogP contribution in [-0.2, 0) is 19.5 Å². The number of rotatable bonds is 3. The van der Waals surface area contributed by atoms with Crippen molar-refractivity contribution in [2.24, 2.45) is 0 Å². The van der Waals surface area contributed by atoms with Crippen molar-refractivity contribution in [1.82, 2.24) is 14.7 Å². The van der Waals surface area contributed by atoms with Gasteiger partial charge in [-0.05, 0) is 24.5 Å². The second kappa shape index (κ2) is 5.63. The smallest absolute Gasteiger partial charge is 0.339 e. The van der Waals surface area contributed by atoms with Crippen molar-refractivity contribution < 1.29 is 14.7 Å². The molecule has 0 fully saturated rings. The van der Waals surface area contributed by atoms with Gasteiger partial charge in [-0.25, -0.2) is 4.79 Å². The molecular formula is C16H17N3O3. The molecule has 0 saturated heterocycles. The molecular weight excluding hydrogens is 282 g/mol. The molecule has 0 unspecified atom stereocenters. The molecule has 2 aromatic rings. The number of carbonyl (C=O) groups excluding carboxylic acids is 1. The molecule has 0 radical (unpaired) electrons. The van der Waals surface area contributed by atoms with Gasteiger partial charge in [-0.3, -0.25) is 9.48 Å². The van der Waals surface area contributed by atoms with E-state index in [1.54, 1.807) is 4.90 Å². The topological polar surface area (TPSA) is 75.4 Å². The van der Waals surface area contributed by atoms with E-state index in [-0.39, 0.29) is 17.2 Å². The first-order valence-electron chi connectivity index (χ1n) is 7.27. The van der Waals surface area contributed by atoms with Crippen LogP contribution in [0.2, 0.25) is 0 Å². The number of aromatic nitrogens is 2. The van der Waals surface area contributed by atoms with Gasteiger partial charge < -0.3 is 10.0 Å². The first-order valence-corrected chi connectivity index (χ1v) is 7.27. The lowest BCUT2D eigenvalue weighted by molar-refractivity contribution is 0.0664. The molecule has 3 rings (SSSR count). The predicted molar refractivity (Wildman–Crippen MR) is 79.7 cm³/mol. The molecule has 1 amide bonds. The minimum absolute atomic E-state index is 0.0364. The van der Waals surface area contributed by atoms with Gasteiger partial charge in [0.25, 0.3) is 5.91 Å². The van der Waals surface area contributed by atoms with Gasteiger partial charge in [-0.1, -0.05) is 24.3 Å². The van der Waals surface area contributed by atoms with Gasteiger partial charge in [0.05, 0.1) is 6.20 Å². The molecule has 114 valence electrons. The third-order valence-corrected chi connectivity index (χ3v) is 3.99. The zero-order valence-corrected chi connectivity index (χ0v) is 12.3. The number of hydrogen-bond donors (Lipinski definition) is 1. The third kappa shape index (κ3) is 2.36. The van der Waals surface area contributed by atoms with Crippen LogP contribution in [0.15, 0.2) is 30.5 Å². The molecule has 0 saturated carbocycles. The van der Waals surface area contributed by atoms with Crippen LogP contribution in [0.5, 0.6) is 0 Å². The maximum atomic E-state index is 12.8. The monoisotopic (exact) mass is 299 g/mol. The number of benzene rings is 1. The lowest BCUT2D eigenvalue weighted by Gasteiger charge is -2.29. The Bertz CT molecular complexity index is 736. The Morgan fingerprint density at radius 2 is 2.00 bits per heavy atom. The SMILES string of the molecule is CCn1ncc(C(=O)O)c1C(=O)N1CCc2ccccc2C1. The summed E-state index contributed by atoms with van der Waals surface area (Å²) in [7, 11) is 0. The quantitative estimate of drug-likeness (QED) is 0.937. The van der Waals surface area contributed by atoms with E-state index >= 15 is 0 Å². The minimum atomic E-state index is -1.12. The molecule has 1 aromatic carbocycles. The lowest BCUT2D eigenvalue weighted by atomic mass is 9.99. The highest BCUT2D eigenvalue weighted by atomic mass is 16.4. The zero-order valence-electron chi connectivity index (χ0n) is 12.3. The highest BCUT2D eigenvalue weighted by Crippen LogP contribution is 2.21. The van der Waals surface area contributed by atoms with E-state index in [4.69, 9.17) is 0 Å². The largest absolute Gasteiger partial charge is 0.478 e. The minimum Gasteiger partial charge on any atom is -0.478 e. The molecule has 0 atom stereocenters. The summed E-state index contributed by atoms with van der Waals surface area (Å²) in [6.45, 7) is 3.38. The van der Waals surface area contributed by atoms with E-state index in [2.05, 4.69) is 11.2 Å². The number of aryl methyl sites for hydroxylation is 1. The first-order chi connectivity index (χ1) is 10.6. The van der Waals surface area contributed by atoms with E-state index < -0.39 is 5.97 Å². The summed E-state index contributed by atoms with van der Waals surface area (Å²) in [5.74, 6) is -1.40. The highest BCUT2D eigenvalue weighted by molar-refractivity contribution is 6.03. The summed E-state index contributed by atoms with van der Waals surface area (Å²) in [5.41, 5.74) is 2.48. The Morgan fingerprint density at radius 3 is 2.68 bits per heavy atom. The van der Waals surface area contributed by atoms with Gasteiger partial charge in [0, 0.05) is 19.6 Å². The Hall–Kier alpha value is -2.63. The third-order valence-electron chi connectivity index (χ3n) is 3.99. The van der Waals surface area contributed by atoms with Crippen molar-refractivity contribution in [3.8, 4) is 0 Å². The predicted octanol–water partition coefficient (Wildman–Crippen LogP) is 1.80.